The van der Waals surface area contributed by atoms with Gasteiger partial charge in [-0.15, -0.1) is 0 Å². The number of benzene rings is 1. The Kier molecular flexibility index (Phi) is 5.04. The molecule has 0 amide bonds. The highest BCUT2D eigenvalue weighted by Crippen LogP contribution is 2.33. The van der Waals surface area contributed by atoms with Crippen molar-refractivity contribution in [3.63, 3.8) is 0 Å². The predicted molar refractivity (Wildman–Crippen MR) is 90.3 cm³/mol. The molecule has 21 heavy (non-hydrogen) atoms. The Balaban J connectivity index is 1.79. The molecule has 2 aliphatic heterocycles. The average Bonchev–Trinajstić information content (AvgIpc) is 2.52. The maximum Gasteiger partial charge on any atom is 0.0642 e. The molecule has 2 aliphatic rings. The van der Waals surface area contributed by atoms with E-state index in [1.54, 1.807) is 0 Å². The summed E-state index contributed by atoms with van der Waals surface area (Å²) in [6.07, 6.45) is 4.08. The zero-order valence-electron chi connectivity index (χ0n) is 12.9. The lowest BCUT2D eigenvalue weighted by molar-refractivity contribution is 0.133. The summed E-state index contributed by atoms with van der Waals surface area (Å²) in [4.78, 5) is 5.18. The number of fused-ring (bicyclic) bond motifs is 1. The lowest BCUT2D eigenvalue weighted by Gasteiger charge is -2.45. The number of nitrogens with one attached hydrogen (secondary N) is 1. The summed E-state index contributed by atoms with van der Waals surface area (Å²) in [7, 11) is 0. The Morgan fingerprint density at radius 2 is 2.14 bits per heavy atom. The number of nitrogens with zero attached hydrogens (tertiary/aromatic N) is 2. The summed E-state index contributed by atoms with van der Waals surface area (Å²) in [5, 5.41) is 4.33. The van der Waals surface area contributed by atoms with Crippen molar-refractivity contribution < 1.29 is 0 Å². The van der Waals surface area contributed by atoms with Gasteiger partial charge in [-0.25, -0.2) is 0 Å². The minimum absolute atomic E-state index is 0.718. The van der Waals surface area contributed by atoms with Crippen LogP contribution in [0.5, 0.6) is 0 Å². The van der Waals surface area contributed by atoms with Crippen LogP contribution in [0.1, 0.15) is 31.7 Å². The van der Waals surface area contributed by atoms with Crippen LogP contribution in [0.3, 0.4) is 0 Å². The molecule has 3 nitrogen and oxygen atoms in total. The summed E-state index contributed by atoms with van der Waals surface area (Å²) < 4.78 is 0. The zero-order chi connectivity index (χ0) is 14.7. The van der Waals surface area contributed by atoms with Crippen molar-refractivity contribution in [3.8, 4) is 0 Å². The van der Waals surface area contributed by atoms with Crippen LogP contribution in [0.4, 0.5) is 5.69 Å². The van der Waals surface area contributed by atoms with Crippen LogP contribution < -0.4 is 10.2 Å². The number of piperazine rings is 1. The first kappa shape index (κ1) is 15.1. The second kappa shape index (κ2) is 6.99. The Labute approximate surface area is 133 Å². The third-order valence-corrected chi connectivity index (χ3v) is 5.09. The fourth-order valence-electron chi connectivity index (χ4n) is 3.68. The van der Waals surface area contributed by atoms with Crippen molar-refractivity contribution in [1.82, 2.24) is 10.2 Å². The second-order valence-electron chi connectivity index (χ2n) is 6.16. The number of hydrogen-bond donors (Lipinski definition) is 1. The predicted octanol–water partition coefficient (Wildman–Crippen LogP) is 3.12. The lowest BCUT2D eigenvalue weighted by Crippen LogP contribution is -2.55. The molecule has 1 aromatic carbocycles. The maximum atomic E-state index is 6.53. The molecule has 1 unspecified atom stereocenters. The smallest absolute Gasteiger partial charge is 0.0642 e. The summed E-state index contributed by atoms with van der Waals surface area (Å²) in [5.41, 5.74) is 2.58. The minimum atomic E-state index is 0.718. The highest BCUT2D eigenvalue weighted by atomic mass is 35.5. The molecule has 2 saturated heterocycles. The van der Waals surface area contributed by atoms with Gasteiger partial charge in [-0.2, -0.15) is 0 Å². The molecule has 4 heteroatoms. The maximum absolute atomic E-state index is 6.53. The highest BCUT2D eigenvalue weighted by Gasteiger charge is 2.30. The Morgan fingerprint density at radius 1 is 1.24 bits per heavy atom. The fraction of sp³-hybridized carbons (Fsp3) is 0.647. The second-order valence-corrected chi connectivity index (χ2v) is 6.57. The number of piperidine rings is 1. The van der Waals surface area contributed by atoms with Crippen LogP contribution in [-0.2, 0) is 6.54 Å². The molecule has 0 spiro atoms. The van der Waals surface area contributed by atoms with Crippen molar-refractivity contribution in [2.45, 2.75) is 38.8 Å². The van der Waals surface area contributed by atoms with Crippen LogP contribution in [0.25, 0.3) is 0 Å². The van der Waals surface area contributed by atoms with Crippen LogP contribution in [0, 0.1) is 0 Å². The quantitative estimate of drug-likeness (QED) is 0.922. The van der Waals surface area contributed by atoms with Crippen molar-refractivity contribution in [2.75, 3.05) is 37.6 Å². The van der Waals surface area contributed by atoms with Gasteiger partial charge in [-0.05, 0) is 37.6 Å². The van der Waals surface area contributed by atoms with Crippen molar-refractivity contribution in [2.24, 2.45) is 0 Å². The first-order chi connectivity index (χ1) is 10.3. The fourth-order valence-corrected chi connectivity index (χ4v) is 3.99. The van der Waals surface area contributed by atoms with E-state index in [9.17, 15) is 0 Å². The van der Waals surface area contributed by atoms with E-state index in [0.717, 1.165) is 37.2 Å². The van der Waals surface area contributed by atoms with Gasteiger partial charge in [0, 0.05) is 32.2 Å². The van der Waals surface area contributed by atoms with E-state index < -0.39 is 0 Å². The summed E-state index contributed by atoms with van der Waals surface area (Å²) in [6.45, 7) is 8.72. The zero-order valence-corrected chi connectivity index (χ0v) is 13.7. The van der Waals surface area contributed by atoms with E-state index in [0.29, 0.717) is 0 Å². The molecular formula is C17H26ClN3. The number of rotatable bonds is 4. The van der Waals surface area contributed by atoms with Crippen molar-refractivity contribution in [3.05, 3.63) is 28.8 Å². The normalized spacial score (nSPS) is 23.1. The Hall–Kier alpha value is -0.770. The molecule has 1 N–H and O–H groups in total. The van der Waals surface area contributed by atoms with E-state index in [4.69, 9.17) is 11.6 Å². The van der Waals surface area contributed by atoms with Crippen LogP contribution in [0.15, 0.2) is 18.2 Å². The number of anilines is 1. The molecule has 0 radical (unpaired) electrons. The minimum Gasteiger partial charge on any atom is -0.367 e. The molecule has 0 bridgehead atoms. The van der Waals surface area contributed by atoms with Gasteiger partial charge >= 0.3 is 0 Å². The summed E-state index contributed by atoms with van der Waals surface area (Å²) in [5.74, 6) is 0. The van der Waals surface area contributed by atoms with Gasteiger partial charge in [0.25, 0.3) is 0 Å². The van der Waals surface area contributed by atoms with E-state index >= 15 is 0 Å². The Morgan fingerprint density at radius 3 is 3.00 bits per heavy atom. The highest BCUT2D eigenvalue weighted by molar-refractivity contribution is 6.33. The van der Waals surface area contributed by atoms with E-state index in [1.807, 2.05) is 6.07 Å². The molecule has 1 atom stereocenters. The molecule has 2 fully saturated rings. The van der Waals surface area contributed by atoms with E-state index in [-0.39, 0.29) is 0 Å². The molecule has 3 rings (SSSR count). The van der Waals surface area contributed by atoms with E-state index in [2.05, 4.69) is 34.2 Å². The molecule has 2 heterocycles. The first-order valence-corrected chi connectivity index (χ1v) is 8.64. The standard InChI is InChI=1S/C17H26ClN3/c1-2-19-12-14-6-5-8-16(18)17(14)21-11-10-20-9-4-3-7-15(20)13-21/h5-6,8,15,19H,2-4,7,9-13H2,1H3. The van der Waals surface area contributed by atoms with Gasteiger partial charge in [0.05, 0.1) is 10.7 Å². The number of halogens is 1. The third kappa shape index (κ3) is 3.36. The molecule has 0 aliphatic carbocycles. The monoisotopic (exact) mass is 307 g/mol. The molecule has 116 valence electrons. The largest absolute Gasteiger partial charge is 0.367 e. The molecule has 1 aromatic rings. The number of hydrogen-bond acceptors (Lipinski definition) is 3. The van der Waals surface area contributed by atoms with Gasteiger partial charge in [0.1, 0.15) is 0 Å². The van der Waals surface area contributed by atoms with Crippen LogP contribution >= 0.6 is 11.6 Å². The van der Waals surface area contributed by atoms with Crippen molar-refractivity contribution in [1.29, 1.82) is 0 Å². The molecular weight excluding hydrogens is 282 g/mol. The lowest BCUT2D eigenvalue weighted by atomic mass is 9.98. The van der Waals surface area contributed by atoms with Crippen LogP contribution in [0.2, 0.25) is 5.02 Å². The van der Waals surface area contributed by atoms with E-state index in [1.165, 1.54) is 43.6 Å². The summed E-state index contributed by atoms with van der Waals surface area (Å²) >= 11 is 6.53. The van der Waals surface area contributed by atoms with Gasteiger partial charge in [0.15, 0.2) is 0 Å². The van der Waals surface area contributed by atoms with Gasteiger partial charge in [-0.1, -0.05) is 37.1 Å². The number of para-hydroxylation sites is 1. The van der Waals surface area contributed by atoms with Gasteiger partial charge in [-0.3, -0.25) is 4.90 Å². The van der Waals surface area contributed by atoms with Gasteiger partial charge < -0.3 is 10.2 Å². The first-order valence-electron chi connectivity index (χ1n) is 8.26. The van der Waals surface area contributed by atoms with Crippen molar-refractivity contribution >= 4 is 17.3 Å². The summed E-state index contributed by atoms with van der Waals surface area (Å²) in [6, 6.07) is 7.02. The SMILES string of the molecule is CCNCc1cccc(Cl)c1N1CCN2CCCCC2C1. The Bertz CT molecular complexity index is 477. The average molecular weight is 308 g/mol. The third-order valence-electron chi connectivity index (χ3n) is 4.79. The van der Waals surface area contributed by atoms with Gasteiger partial charge in [0.2, 0.25) is 0 Å². The molecule has 0 saturated carbocycles. The topological polar surface area (TPSA) is 18.5 Å². The molecule has 0 aromatic heterocycles. The van der Waals surface area contributed by atoms with Crippen LogP contribution in [-0.4, -0.2) is 43.7 Å².